The third-order valence-corrected chi connectivity index (χ3v) is 20.3. The minimum Gasteiger partial charge on any atom is -0.423 e. The molecule has 0 fully saturated rings. The molecular weight excluding hydrogens is 1350 g/mol. The molecule has 18 aromatic rings. The van der Waals surface area contributed by atoms with E-state index in [9.17, 15) is 20.1 Å². The van der Waals surface area contributed by atoms with E-state index in [1.54, 1.807) is 48.8 Å². The summed E-state index contributed by atoms with van der Waals surface area (Å²) in [5, 5.41) is 31.3. The van der Waals surface area contributed by atoms with Crippen molar-refractivity contribution in [2.45, 2.75) is 0 Å². The highest BCUT2D eigenvalue weighted by molar-refractivity contribution is 6.85. The standard InChI is InChI=1S/C96H60B2N8O4/c99-59-81(87-61-101-85-57-71(47-53-83(85)103-87)63-23-7-1-8-24-63)93-89-90(92(105(93)97(75-31-11-3-12-32-75)76-33-13-4-14-34-76)68-45-51-80(52-46-68)110-96(108)74-42-40-66-28-20-22-30-70(66)56-74)94(82(60-100)88-62-102-86-58-72(48-54-84(86)104-88)64-25-9-2-10-26-64)106(98(77-35-15-5-16-36-77)78-37-17-6-18-38-78)91(89)67-43-49-79(50-44-67)109-95(107)73-41-39-65-27-19-21-29-69(65)55-73/h1-58,61-62H/b93-81-,94-82-. The van der Waals surface area contributed by atoms with Crippen molar-refractivity contribution in [3.05, 3.63) is 397 Å². The zero-order valence-corrected chi connectivity index (χ0v) is 59.0. The lowest BCUT2D eigenvalue weighted by atomic mass is 9.50. The van der Waals surface area contributed by atoms with Crippen LogP contribution in [0.2, 0.25) is 0 Å². The Labute approximate surface area is 633 Å². The van der Waals surface area contributed by atoms with E-state index in [0.29, 0.717) is 77.2 Å². The van der Waals surface area contributed by atoms with E-state index >= 15 is 0 Å². The predicted molar refractivity (Wildman–Crippen MR) is 441 cm³/mol. The summed E-state index contributed by atoms with van der Waals surface area (Å²) in [5.41, 5.74) is 13.7. The third kappa shape index (κ3) is 12.7. The SMILES string of the molecule is N#C/C(c1cnc2cc(-c3ccccc3)ccc2n1)=c1\c2c(-c3ccc(OC(=O)c4ccc5ccccc5c4)cc3)n(B(c3ccccc3)c3ccccc3)/c(=C(/C#N)c3cnc4cc(-c5ccccc5)ccc4n3)c2c(-c2ccc(OC(=O)c3ccc4ccccc4c3)cc2)n1B(c1ccccc1)c1ccccc1. The van der Waals surface area contributed by atoms with Crippen molar-refractivity contribution in [2.24, 2.45) is 0 Å². The van der Waals surface area contributed by atoms with Crippen LogP contribution in [0.5, 0.6) is 11.5 Å². The normalized spacial score (nSPS) is 11.8. The van der Waals surface area contributed by atoms with E-state index in [-0.39, 0.29) is 34.0 Å². The van der Waals surface area contributed by atoms with Crippen LogP contribution in [0, 0.1) is 22.7 Å². The Morgan fingerprint density at radius 1 is 0.309 bits per heavy atom. The van der Waals surface area contributed by atoms with E-state index in [4.69, 9.17) is 29.4 Å². The first-order chi connectivity index (χ1) is 54.3. The van der Waals surface area contributed by atoms with Gasteiger partial charge in [0.1, 0.15) is 46.2 Å². The molecule has 0 bridgehead atoms. The number of carbonyl (C=O) groups excluding carboxylic acids is 2. The van der Waals surface area contributed by atoms with Gasteiger partial charge in [-0.3, -0.25) is 9.97 Å². The van der Waals surface area contributed by atoms with Gasteiger partial charge in [0.05, 0.1) is 56.3 Å². The molecular formula is C96H60B2N8O4. The van der Waals surface area contributed by atoms with E-state index in [2.05, 4.69) is 93.9 Å². The number of esters is 2. The largest absolute Gasteiger partial charge is 0.423 e. The molecule has 0 radical (unpaired) electrons. The van der Waals surface area contributed by atoms with Crippen LogP contribution in [0.4, 0.5) is 0 Å². The van der Waals surface area contributed by atoms with E-state index in [1.807, 2.05) is 243 Å². The summed E-state index contributed by atoms with van der Waals surface area (Å²) >= 11 is 0. The van der Waals surface area contributed by atoms with Gasteiger partial charge in [-0.15, -0.1) is 0 Å². The molecule has 514 valence electrons. The molecule has 110 heavy (non-hydrogen) atoms. The smallest absolute Gasteiger partial charge is 0.343 e. The van der Waals surface area contributed by atoms with Crippen molar-refractivity contribution >= 4 is 113 Å². The van der Waals surface area contributed by atoms with Gasteiger partial charge in [0.2, 0.25) is 0 Å². The average Bonchev–Trinajstić information content (AvgIpc) is 1.52. The molecule has 0 N–H and O–H groups in total. The maximum Gasteiger partial charge on any atom is 0.343 e. The molecule has 0 saturated heterocycles. The predicted octanol–water partition coefficient (Wildman–Crippen LogP) is 16.5. The second kappa shape index (κ2) is 29.1. The number of ether oxygens (including phenoxy) is 2. The summed E-state index contributed by atoms with van der Waals surface area (Å²) in [6.07, 6.45) is 3.34. The highest BCUT2D eigenvalue weighted by Crippen LogP contribution is 2.39. The number of nitrogens with zero attached hydrogens (tertiary/aromatic N) is 8. The monoisotopic (exact) mass is 1410 g/mol. The second-order valence-corrected chi connectivity index (χ2v) is 26.9. The fraction of sp³-hybridized carbons (Fsp3) is 0. The van der Waals surface area contributed by atoms with Crippen LogP contribution in [-0.2, 0) is 0 Å². The van der Waals surface area contributed by atoms with Crippen molar-refractivity contribution in [2.75, 3.05) is 0 Å². The van der Waals surface area contributed by atoms with Gasteiger partial charge >= 0.3 is 25.6 Å². The van der Waals surface area contributed by atoms with Gasteiger partial charge in [0, 0.05) is 22.2 Å². The summed E-state index contributed by atoms with van der Waals surface area (Å²) in [4.78, 5) is 50.1. The topological polar surface area (TPSA) is 162 Å². The summed E-state index contributed by atoms with van der Waals surface area (Å²) in [7, 11) is 0. The van der Waals surface area contributed by atoms with E-state index < -0.39 is 25.6 Å². The highest BCUT2D eigenvalue weighted by Gasteiger charge is 2.38. The summed E-state index contributed by atoms with van der Waals surface area (Å²) in [6, 6.07) is 120. The molecule has 12 nitrogen and oxygen atoms in total. The molecule has 0 aliphatic rings. The zero-order valence-electron chi connectivity index (χ0n) is 59.0. The van der Waals surface area contributed by atoms with Crippen molar-refractivity contribution < 1.29 is 19.1 Å². The molecule has 4 heterocycles. The lowest BCUT2D eigenvalue weighted by Crippen LogP contribution is -2.54. The molecule has 0 saturated carbocycles. The summed E-state index contributed by atoms with van der Waals surface area (Å²) < 4.78 is 17.1. The third-order valence-electron chi connectivity index (χ3n) is 20.3. The average molecular weight is 1410 g/mol. The number of nitriles is 2. The van der Waals surface area contributed by atoms with Crippen LogP contribution in [-0.4, -0.2) is 54.5 Å². The lowest BCUT2D eigenvalue weighted by molar-refractivity contribution is 0.0725. The van der Waals surface area contributed by atoms with Crippen molar-refractivity contribution in [1.29, 1.82) is 10.5 Å². The first-order valence-electron chi connectivity index (χ1n) is 36.1. The molecule has 18 rings (SSSR count). The zero-order chi connectivity index (χ0) is 74.0. The van der Waals surface area contributed by atoms with E-state index in [0.717, 1.165) is 65.6 Å². The van der Waals surface area contributed by atoms with Gasteiger partial charge in [-0.1, -0.05) is 277 Å². The molecule has 0 atom stereocenters. The minimum absolute atomic E-state index is 0.153. The van der Waals surface area contributed by atoms with Crippen molar-refractivity contribution in [1.82, 2.24) is 28.9 Å². The van der Waals surface area contributed by atoms with Crippen LogP contribution in [0.1, 0.15) is 32.1 Å². The number of hydrogen-bond acceptors (Lipinski definition) is 10. The maximum absolute atomic E-state index is 14.4. The van der Waals surface area contributed by atoms with Gasteiger partial charge < -0.3 is 18.4 Å². The van der Waals surface area contributed by atoms with Gasteiger partial charge in [-0.05, 0) is 152 Å². The van der Waals surface area contributed by atoms with Crippen LogP contribution in [0.3, 0.4) is 0 Å². The fourth-order valence-electron chi connectivity index (χ4n) is 15.2. The Hall–Kier alpha value is -15.1. The number of aromatic nitrogens is 6. The number of carbonyl (C=O) groups is 2. The fourth-order valence-corrected chi connectivity index (χ4v) is 15.2. The van der Waals surface area contributed by atoms with E-state index in [1.165, 1.54) is 0 Å². The number of fused-ring (bicyclic) bond motifs is 5. The number of benzene rings is 14. The van der Waals surface area contributed by atoms with Gasteiger partial charge in [-0.25, -0.2) is 19.6 Å². The molecule has 0 aliphatic carbocycles. The summed E-state index contributed by atoms with van der Waals surface area (Å²) in [6.45, 7) is -1.50. The number of hydrogen-bond donors (Lipinski definition) is 0. The Bertz CT molecular complexity index is 6340. The van der Waals surface area contributed by atoms with Crippen LogP contribution >= 0.6 is 0 Å². The lowest BCUT2D eigenvalue weighted by Gasteiger charge is -2.24. The Morgan fingerprint density at radius 3 is 0.973 bits per heavy atom. The Kier molecular flexibility index (Phi) is 17.7. The minimum atomic E-state index is -0.750. The van der Waals surface area contributed by atoms with Crippen LogP contribution in [0.25, 0.3) is 110 Å². The van der Waals surface area contributed by atoms with Crippen molar-refractivity contribution in [3.8, 4) is 68.4 Å². The van der Waals surface area contributed by atoms with Gasteiger partial charge in [-0.2, -0.15) is 10.5 Å². The Morgan fingerprint density at radius 2 is 0.627 bits per heavy atom. The molecule has 0 unspecified atom stereocenters. The van der Waals surface area contributed by atoms with Gasteiger partial charge in [0.25, 0.3) is 0 Å². The Balaban J connectivity index is 1.01. The highest BCUT2D eigenvalue weighted by atomic mass is 16.5. The second-order valence-electron chi connectivity index (χ2n) is 26.9. The molecule has 14 aromatic carbocycles. The molecule has 4 aromatic heterocycles. The van der Waals surface area contributed by atoms with Crippen LogP contribution in [0.15, 0.2) is 364 Å². The first-order valence-corrected chi connectivity index (χ1v) is 36.1. The quantitative estimate of drug-likeness (QED) is 0.0517. The molecule has 0 amide bonds. The number of rotatable bonds is 16. The summed E-state index contributed by atoms with van der Waals surface area (Å²) in [5.74, 6) is -0.541. The first kappa shape index (κ1) is 66.8. The molecule has 0 spiro atoms. The maximum atomic E-state index is 14.4. The molecule has 14 heteroatoms. The van der Waals surface area contributed by atoms with Crippen LogP contribution < -0.4 is 42.0 Å². The molecule has 0 aliphatic heterocycles. The van der Waals surface area contributed by atoms with Gasteiger partial charge in [0.15, 0.2) is 0 Å². The van der Waals surface area contributed by atoms with Crippen molar-refractivity contribution in [3.63, 3.8) is 0 Å².